The van der Waals surface area contributed by atoms with E-state index in [2.05, 4.69) is 17.2 Å². The number of esters is 1. The first kappa shape index (κ1) is 22.0. The van der Waals surface area contributed by atoms with Gasteiger partial charge in [-0.2, -0.15) is 0 Å². The van der Waals surface area contributed by atoms with Gasteiger partial charge in [0.05, 0.1) is 18.6 Å². The molecule has 7 nitrogen and oxygen atoms in total. The molecular weight excluding hydrogens is 358 g/mol. The predicted octanol–water partition coefficient (Wildman–Crippen LogP) is 2.83. The van der Waals surface area contributed by atoms with Crippen LogP contribution in [0.15, 0.2) is 0 Å². The number of aromatic amines is 1. The average molecular weight is 392 g/mol. The molecule has 7 heteroatoms. The van der Waals surface area contributed by atoms with Crippen molar-refractivity contribution in [3.8, 4) is 0 Å². The predicted molar refractivity (Wildman–Crippen MR) is 107 cm³/mol. The number of carbonyl (C=O) groups is 3. The maximum absolute atomic E-state index is 13.2. The number of hydrogen-bond donors (Lipinski definition) is 2. The van der Waals surface area contributed by atoms with E-state index in [1.807, 2.05) is 6.92 Å². The molecule has 1 aromatic rings. The van der Waals surface area contributed by atoms with Crippen LogP contribution in [0, 0.1) is 12.8 Å². The summed E-state index contributed by atoms with van der Waals surface area (Å²) in [5.74, 6) is -0.728. The van der Waals surface area contributed by atoms with Crippen LogP contribution in [-0.2, 0) is 16.0 Å². The monoisotopic (exact) mass is 391 g/mol. The maximum atomic E-state index is 13.2. The van der Waals surface area contributed by atoms with Crippen LogP contribution in [0.5, 0.6) is 0 Å². The summed E-state index contributed by atoms with van der Waals surface area (Å²) in [6, 6.07) is 0. The van der Waals surface area contributed by atoms with Crippen LogP contribution in [0.2, 0.25) is 0 Å². The molecule has 0 aromatic carbocycles. The molecule has 1 fully saturated rings. The van der Waals surface area contributed by atoms with Crippen molar-refractivity contribution >= 4 is 17.8 Å². The van der Waals surface area contributed by atoms with Crippen LogP contribution >= 0.6 is 0 Å². The average Bonchev–Trinajstić information content (AvgIpc) is 3.03. The number of unbranched alkanes of at least 4 members (excludes halogenated alkanes) is 1. The smallest absolute Gasteiger partial charge is 0.339 e. The Morgan fingerprint density at radius 2 is 2.00 bits per heavy atom. The molecule has 1 atom stereocenters. The molecule has 1 aromatic heterocycles. The highest BCUT2D eigenvalue weighted by molar-refractivity contribution is 6.01. The molecule has 1 aliphatic heterocycles. The lowest BCUT2D eigenvalue weighted by atomic mass is 9.96. The zero-order chi connectivity index (χ0) is 20.7. The normalized spacial score (nSPS) is 16.7. The van der Waals surface area contributed by atoms with Crippen molar-refractivity contribution < 1.29 is 19.1 Å². The van der Waals surface area contributed by atoms with E-state index in [9.17, 15) is 14.4 Å². The number of aryl methyl sites for hydroxylation is 1. The van der Waals surface area contributed by atoms with Crippen LogP contribution in [0.1, 0.15) is 78.1 Å². The maximum Gasteiger partial charge on any atom is 0.339 e. The van der Waals surface area contributed by atoms with E-state index in [1.54, 1.807) is 11.8 Å². The Hall–Kier alpha value is -2.31. The molecule has 0 aliphatic carbocycles. The quantitative estimate of drug-likeness (QED) is 0.526. The van der Waals surface area contributed by atoms with E-state index in [0.29, 0.717) is 48.6 Å². The molecule has 1 aliphatic rings. The van der Waals surface area contributed by atoms with Gasteiger partial charge in [0.15, 0.2) is 0 Å². The molecule has 28 heavy (non-hydrogen) atoms. The third-order valence-electron chi connectivity index (χ3n) is 5.30. The van der Waals surface area contributed by atoms with Crippen LogP contribution in [0.25, 0.3) is 0 Å². The Balaban J connectivity index is 2.18. The zero-order valence-corrected chi connectivity index (χ0v) is 17.5. The molecule has 0 bridgehead atoms. The summed E-state index contributed by atoms with van der Waals surface area (Å²) < 4.78 is 4.90. The number of nitrogens with zero attached hydrogens (tertiary/aromatic N) is 1. The van der Waals surface area contributed by atoms with Crippen molar-refractivity contribution in [2.45, 2.75) is 59.3 Å². The second-order valence-electron chi connectivity index (χ2n) is 7.46. The van der Waals surface area contributed by atoms with Crippen molar-refractivity contribution in [3.63, 3.8) is 0 Å². The summed E-state index contributed by atoms with van der Waals surface area (Å²) >= 11 is 0. The van der Waals surface area contributed by atoms with Gasteiger partial charge in [-0.05, 0) is 38.2 Å². The fourth-order valence-corrected chi connectivity index (χ4v) is 3.80. The van der Waals surface area contributed by atoms with Crippen molar-refractivity contribution in [2.24, 2.45) is 5.92 Å². The molecule has 1 saturated heterocycles. The summed E-state index contributed by atoms with van der Waals surface area (Å²) in [6.45, 7) is 7.58. The van der Waals surface area contributed by atoms with E-state index in [0.717, 1.165) is 32.1 Å². The molecule has 1 unspecified atom stereocenters. The Labute approximate surface area is 167 Å². The van der Waals surface area contributed by atoms with Crippen molar-refractivity contribution in [1.82, 2.24) is 15.2 Å². The van der Waals surface area contributed by atoms with Gasteiger partial charge in [0.1, 0.15) is 5.69 Å². The Morgan fingerprint density at radius 3 is 2.64 bits per heavy atom. The molecule has 0 spiro atoms. The molecule has 2 rings (SSSR count). The van der Waals surface area contributed by atoms with Gasteiger partial charge in [0, 0.05) is 25.3 Å². The number of H-pyrrole nitrogens is 1. The third kappa shape index (κ3) is 4.94. The van der Waals surface area contributed by atoms with Gasteiger partial charge in [0.2, 0.25) is 5.91 Å². The number of amides is 2. The van der Waals surface area contributed by atoms with E-state index in [4.69, 9.17) is 4.74 Å². The first-order chi connectivity index (χ1) is 13.4. The van der Waals surface area contributed by atoms with E-state index < -0.39 is 5.97 Å². The number of likely N-dealkylation sites (tertiary alicyclic amines) is 1. The second-order valence-corrected chi connectivity index (χ2v) is 7.46. The number of ether oxygens (including phenoxy) is 1. The number of carbonyl (C=O) groups excluding carboxylic acids is 3. The third-order valence-corrected chi connectivity index (χ3v) is 5.30. The molecule has 0 saturated carbocycles. The lowest BCUT2D eigenvalue weighted by Gasteiger charge is -2.32. The number of aromatic nitrogens is 1. The van der Waals surface area contributed by atoms with Crippen molar-refractivity contribution in [1.29, 1.82) is 0 Å². The van der Waals surface area contributed by atoms with Gasteiger partial charge in [-0.25, -0.2) is 4.79 Å². The highest BCUT2D eigenvalue weighted by Crippen LogP contribution is 2.25. The standard InChI is InChI=1S/C21H33N3O4/c1-5-7-11-22-19(25)15-10-8-12-24(13-15)20(26)18-16(9-6-2)17(14(3)23-18)21(27)28-4/h15,23H,5-13H2,1-4H3,(H,22,25). The van der Waals surface area contributed by atoms with Gasteiger partial charge in [0.25, 0.3) is 5.91 Å². The summed E-state index contributed by atoms with van der Waals surface area (Å²) in [5.41, 5.74) is 2.27. The Kier molecular flexibility index (Phi) is 8.08. The number of hydrogen-bond acceptors (Lipinski definition) is 4. The van der Waals surface area contributed by atoms with Crippen LogP contribution < -0.4 is 5.32 Å². The summed E-state index contributed by atoms with van der Waals surface area (Å²) in [6.07, 6.45) is 5.00. The zero-order valence-electron chi connectivity index (χ0n) is 17.5. The van der Waals surface area contributed by atoms with E-state index in [-0.39, 0.29) is 17.7 Å². The molecule has 2 heterocycles. The first-order valence-electron chi connectivity index (χ1n) is 10.3. The minimum Gasteiger partial charge on any atom is -0.465 e. The van der Waals surface area contributed by atoms with Crippen LogP contribution in [-0.4, -0.2) is 54.4 Å². The van der Waals surface area contributed by atoms with Gasteiger partial charge in [-0.3, -0.25) is 9.59 Å². The summed E-state index contributed by atoms with van der Waals surface area (Å²) in [4.78, 5) is 42.7. The summed E-state index contributed by atoms with van der Waals surface area (Å²) in [7, 11) is 1.35. The van der Waals surface area contributed by atoms with E-state index in [1.165, 1.54) is 7.11 Å². The fraction of sp³-hybridized carbons (Fsp3) is 0.667. The number of piperidine rings is 1. The van der Waals surface area contributed by atoms with Gasteiger partial charge >= 0.3 is 5.97 Å². The molecule has 2 N–H and O–H groups in total. The Morgan fingerprint density at radius 1 is 1.25 bits per heavy atom. The molecule has 0 radical (unpaired) electrons. The largest absolute Gasteiger partial charge is 0.465 e. The topological polar surface area (TPSA) is 91.5 Å². The Bertz CT molecular complexity index is 711. The fourth-order valence-electron chi connectivity index (χ4n) is 3.80. The number of rotatable bonds is 8. The summed E-state index contributed by atoms with van der Waals surface area (Å²) in [5, 5.41) is 2.97. The van der Waals surface area contributed by atoms with Gasteiger partial charge < -0.3 is 19.9 Å². The number of methoxy groups -OCH3 is 1. The SMILES string of the molecule is CCCCNC(=O)C1CCCN(C(=O)c2[nH]c(C)c(C(=O)OC)c2CCC)C1. The minimum atomic E-state index is -0.428. The lowest BCUT2D eigenvalue weighted by molar-refractivity contribution is -0.126. The van der Waals surface area contributed by atoms with E-state index >= 15 is 0 Å². The van der Waals surface area contributed by atoms with Crippen LogP contribution in [0.3, 0.4) is 0 Å². The van der Waals surface area contributed by atoms with Gasteiger partial charge in [-0.15, -0.1) is 0 Å². The van der Waals surface area contributed by atoms with Crippen molar-refractivity contribution in [3.05, 3.63) is 22.5 Å². The number of nitrogens with one attached hydrogen (secondary N) is 2. The first-order valence-corrected chi connectivity index (χ1v) is 10.3. The van der Waals surface area contributed by atoms with Crippen molar-refractivity contribution in [2.75, 3.05) is 26.7 Å². The minimum absolute atomic E-state index is 0.0256. The van der Waals surface area contributed by atoms with Gasteiger partial charge in [-0.1, -0.05) is 26.7 Å². The molecular formula is C21H33N3O4. The van der Waals surface area contributed by atoms with Crippen LogP contribution in [0.4, 0.5) is 0 Å². The highest BCUT2D eigenvalue weighted by atomic mass is 16.5. The second kappa shape index (κ2) is 10.3. The molecule has 2 amide bonds. The molecule has 156 valence electrons. The highest BCUT2D eigenvalue weighted by Gasteiger charge is 2.32. The lowest BCUT2D eigenvalue weighted by Crippen LogP contribution is -2.45.